The predicted molar refractivity (Wildman–Crippen MR) is 81.8 cm³/mol. The summed E-state index contributed by atoms with van der Waals surface area (Å²) in [6.07, 6.45) is 1.68. The number of carbonyl (C=O) groups excluding carboxylic acids is 2. The Morgan fingerprint density at radius 3 is 2.64 bits per heavy atom. The first-order valence-corrected chi connectivity index (χ1v) is 7.29. The fourth-order valence-corrected chi connectivity index (χ4v) is 2.01. The van der Waals surface area contributed by atoms with Crippen LogP contribution in [0.3, 0.4) is 0 Å². The Labute approximate surface area is 130 Å². The Morgan fingerprint density at radius 2 is 2.00 bits per heavy atom. The maximum Gasteiger partial charge on any atom is 0.317 e. The molecule has 0 saturated carbocycles. The summed E-state index contributed by atoms with van der Waals surface area (Å²) in [7, 11) is 2.98. The van der Waals surface area contributed by atoms with Crippen molar-refractivity contribution >= 4 is 12.0 Å². The zero-order valence-electron chi connectivity index (χ0n) is 13.3. The van der Waals surface area contributed by atoms with Crippen molar-refractivity contribution in [1.29, 1.82) is 0 Å². The smallest absolute Gasteiger partial charge is 0.317 e. The second-order valence-electron chi connectivity index (χ2n) is 5.07. The molecular formula is C16H23FN2O3. The lowest BCUT2D eigenvalue weighted by atomic mass is 10.1. The van der Waals surface area contributed by atoms with Crippen LogP contribution >= 0.6 is 0 Å². The van der Waals surface area contributed by atoms with Crippen LogP contribution in [0.2, 0.25) is 0 Å². The molecule has 0 aliphatic heterocycles. The lowest BCUT2D eigenvalue weighted by Gasteiger charge is -2.25. The Balaban J connectivity index is 2.39. The number of esters is 1. The number of nitrogens with zero attached hydrogens (tertiary/aromatic N) is 1. The van der Waals surface area contributed by atoms with E-state index in [1.807, 2.05) is 0 Å². The van der Waals surface area contributed by atoms with E-state index >= 15 is 0 Å². The molecule has 0 aliphatic rings. The number of methoxy groups -OCH3 is 1. The third-order valence-electron chi connectivity index (χ3n) is 3.57. The second kappa shape index (κ2) is 9.02. The van der Waals surface area contributed by atoms with E-state index < -0.39 is 0 Å². The van der Waals surface area contributed by atoms with Gasteiger partial charge in [-0.25, -0.2) is 9.18 Å². The van der Waals surface area contributed by atoms with Gasteiger partial charge in [-0.3, -0.25) is 4.79 Å². The lowest BCUT2D eigenvalue weighted by Crippen LogP contribution is -2.39. The van der Waals surface area contributed by atoms with Crippen LogP contribution in [0.1, 0.15) is 37.8 Å². The van der Waals surface area contributed by atoms with Crippen LogP contribution in [0, 0.1) is 5.82 Å². The summed E-state index contributed by atoms with van der Waals surface area (Å²) in [4.78, 5) is 24.4. The highest BCUT2D eigenvalue weighted by Crippen LogP contribution is 2.21. The minimum Gasteiger partial charge on any atom is -0.469 e. The minimum absolute atomic E-state index is 0.253. The summed E-state index contributed by atoms with van der Waals surface area (Å²) in [5.74, 6) is -0.579. The highest BCUT2D eigenvalue weighted by Gasteiger charge is 2.19. The van der Waals surface area contributed by atoms with Crippen LogP contribution in [-0.4, -0.2) is 37.6 Å². The summed E-state index contributed by atoms with van der Waals surface area (Å²) in [6, 6.07) is 5.77. The van der Waals surface area contributed by atoms with Gasteiger partial charge >= 0.3 is 12.0 Å². The molecule has 6 heteroatoms. The van der Waals surface area contributed by atoms with Gasteiger partial charge in [-0.1, -0.05) is 18.2 Å². The molecule has 1 atom stereocenters. The molecule has 2 amide bonds. The first-order valence-electron chi connectivity index (χ1n) is 7.29. The summed E-state index contributed by atoms with van der Waals surface area (Å²) < 4.78 is 18.3. The number of nitrogens with one attached hydrogen (secondary N) is 1. The number of urea groups is 1. The fourth-order valence-electron chi connectivity index (χ4n) is 2.01. The van der Waals surface area contributed by atoms with Gasteiger partial charge in [-0.05, 0) is 25.8 Å². The van der Waals surface area contributed by atoms with Crippen molar-refractivity contribution in [2.75, 3.05) is 20.7 Å². The lowest BCUT2D eigenvalue weighted by molar-refractivity contribution is -0.140. The standard InChI is InChI=1S/C16H23FN2O3/c1-12(13-8-4-5-9-14(13)17)19(2)16(21)18-11-7-6-10-15(20)22-3/h4-5,8-9,12H,6-7,10-11H2,1-3H3,(H,18,21). The molecule has 22 heavy (non-hydrogen) atoms. The average molecular weight is 310 g/mol. The SMILES string of the molecule is COC(=O)CCCCNC(=O)N(C)C(C)c1ccccc1F. The van der Waals surface area contributed by atoms with Crippen LogP contribution in [0.15, 0.2) is 24.3 Å². The quantitative estimate of drug-likeness (QED) is 0.622. The average Bonchev–Trinajstić information content (AvgIpc) is 2.53. The number of rotatable bonds is 7. The first-order chi connectivity index (χ1) is 10.5. The molecule has 0 heterocycles. The summed E-state index contributed by atoms with van der Waals surface area (Å²) in [5.41, 5.74) is 0.478. The number of unbranched alkanes of at least 4 members (excludes halogenated alkanes) is 1. The van der Waals surface area contributed by atoms with Gasteiger partial charge in [0, 0.05) is 25.6 Å². The molecule has 0 bridgehead atoms. The minimum atomic E-state index is -0.365. The zero-order chi connectivity index (χ0) is 16.5. The van der Waals surface area contributed by atoms with E-state index in [2.05, 4.69) is 10.1 Å². The molecule has 0 aromatic heterocycles. The van der Waals surface area contributed by atoms with Gasteiger partial charge in [0.1, 0.15) is 5.82 Å². The molecule has 5 nitrogen and oxygen atoms in total. The Morgan fingerprint density at radius 1 is 1.32 bits per heavy atom. The molecule has 0 radical (unpaired) electrons. The van der Waals surface area contributed by atoms with Gasteiger partial charge < -0.3 is 15.0 Å². The van der Waals surface area contributed by atoms with Crippen LogP contribution in [0.4, 0.5) is 9.18 Å². The largest absolute Gasteiger partial charge is 0.469 e. The molecule has 1 aromatic rings. The van der Waals surface area contributed by atoms with Crippen molar-refractivity contribution in [3.8, 4) is 0 Å². The summed E-state index contributed by atoms with van der Waals surface area (Å²) in [6.45, 7) is 2.24. The van der Waals surface area contributed by atoms with Crippen molar-refractivity contribution in [3.05, 3.63) is 35.6 Å². The van der Waals surface area contributed by atoms with Gasteiger partial charge in [0.15, 0.2) is 0 Å². The zero-order valence-corrected chi connectivity index (χ0v) is 13.3. The van der Waals surface area contributed by atoms with E-state index in [0.717, 1.165) is 0 Å². The molecule has 0 aliphatic carbocycles. The van der Waals surface area contributed by atoms with Gasteiger partial charge in [0.05, 0.1) is 13.2 Å². The number of hydrogen-bond acceptors (Lipinski definition) is 3. The van der Waals surface area contributed by atoms with E-state index in [4.69, 9.17) is 0 Å². The highest BCUT2D eigenvalue weighted by atomic mass is 19.1. The Kier molecular flexibility index (Phi) is 7.36. The fraction of sp³-hybridized carbons (Fsp3) is 0.500. The van der Waals surface area contributed by atoms with Gasteiger partial charge in [0.2, 0.25) is 0 Å². The van der Waals surface area contributed by atoms with Crippen molar-refractivity contribution in [1.82, 2.24) is 10.2 Å². The molecule has 1 aromatic carbocycles. The van der Waals surface area contributed by atoms with Crippen molar-refractivity contribution in [2.45, 2.75) is 32.2 Å². The molecular weight excluding hydrogens is 287 g/mol. The van der Waals surface area contributed by atoms with Gasteiger partial charge in [0.25, 0.3) is 0 Å². The number of hydrogen-bond donors (Lipinski definition) is 1. The van der Waals surface area contributed by atoms with E-state index in [1.165, 1.54) is 18.1 Å². The second-order valence-corrected chi connectivity index (χ2v) is 5.07. The van der Waals surface area contributed by atoms with Gasteiger partial charge in [-0.15, -0.1) is 0 Å². The third-order valence-corrected chi connectivity index (χ3v) is 3.57. The topological polar surface area (TPSA) is 58.6 Å². The first kappa shape index (κ1) is 17.9. The molecule has 0 saturated heterocycles. The normalized spacial score (nSPS) is 11.6. The van der Waals surface area contributed by atoms with Crippen LogP contribution in [-0.2, 0) is 9.53 Å². The van der Waals surface area contributed by atoms with Crippen LogP contribution in [0.25, 0.3) is 0 Å². The van der Waals surface area contributed by atoms with Crippen molar-refractivity contribution in [2.24, 2.45) is 0 Å². The molecule has 0 fully saturated rings. The maximum atomic E-state index is 13.7. The number of halogens is 1. The van der Waals surface area contributed by atoms with E-state index in [9.17, 15) is 14.0 Å². The Hall–Kier alpha value is -2.11. The summed E-state index contributed by atoms with van der Waals surface area (Å²) in [5, 5.41) is 2.76. The number of carbonyl (C=O) groups is 2. The highest BCUT2D eigenvalue weighted by molar-refractivity contribution is 5.74. The monoisotopic (exact) mass is 310 g/mol. The molecule has 0 spiro atoms. The molecule has 122 valence electrons. The number of ether oxygens (including phenoxy) is 1. The van der Waals surface area contributed by atoms with Crippen molar-refractivity contribution < 1.29 is 18.7 Å². The molecule has 1 unspecified atom stereocenters. The number of amides is 2. The molecule has 1 rings (SSSR count). The third kappa shape index (κ3) is 5.35. The van der Waals surface area contributed by atoms with E-state index in [-0.39, 0.29) is 23.9 Å². The van der Waals surface area contributed by atoms with Crippen LogP contribution in [0.5, 0.6) is 0 Å². The van der Waals surface area contributed by atoms with Crippen molar-refractivity contribution in [3.63, 3.8) is 0 Å². The van der Waals surface area contributed by atoms with E-state index in [0.29, 0.717) is 31.4 Å². The molecule has 1 N–H and O–H groups in total. The predicted octanol–water partition coefficient (Wildman–Crippen LogP) is 2.87. The van der Waals surface area contributed by atoms with Crippen LogP contribution < -0.4 is 5.32 Å². The Bertz CT molecular complexity index is 508. The summed E-state index contributed by atoms with van der Waals surface area (Å²) >= 11 is 0. The van der Waals surface area contributed by atoms with Gasteiger partial charge in [-0.2, -0.15) is 0 Å². The van der Waals surface area contributed by atoms with E-state index in [1.54, 1.807) is 32.2 Å². The maximum absolute atomic E-state index is 13.7. The number of benzene rings is 1.